The molecule has 0 aliphatic heterocycles. The number of hydrogen-bond donors (Lipinski definition) is 6. The summed E-state index contributed by atoms with van der Waals surface area (Å²) in [6, 6.07) is 19.6. The van der Waals surface area contributed by atoms with Crippen molar-refractivity contribution in [3.05, 3.63) is 113 Å². The van der Waals surface area contributed by atoms with Gasteiger partial charge in [0.1, 0.15) is 11.1 Å². The van der Waals surface area contributed by atoms with E-state index in [1.54, 1.807) is 80.6 Å². The maximum absolute atomic E-state index is 11.6. The largest absolute Gasteiger partial charge is 0.480 e. The summed E-state index contributed by atoms with van der Waals surface area (Å²) in [4.78, 5) is 67.2. The molecular weight excluding hydrogens is 1050 g/mol. The number of halogens is 4. The Kier molecular flexibility index (Phi) is 21.3. The van der Waals surface area contributed by atoms with Crippen LogP contribution in [0.25, 0.3) is 0 Å². The van der Waals surface area contributed by atoms with Crippen LogP contribution in [-0.4, -0.2) is 85.5 Å². The van der Waals surface area contributed by atoms with Crippen LogP contribution in [0.1, 0.15) is 69.1 Å². The number of benzene rings is 4. The van der Waals surface area contributed by atoms with Gasteiger partial charge < -0.3 is 51.3 Å². The fourth-order valence-corrected chi connectivity index (χ4v) is 5.98. The third kappa shape index (κ3) is 16.5. The van der Waals surface area contributed by atoms with Crippen molar-refractivity contribution in [3.63, 3.8) is 0 Å². The zero-order chi connectivity index (χ0) is 46.1. The van der Waals surface area contributed by atoms with E-state index >= 15 is 0 Å². The molecule has 4 rings (SSSR count). The fraction of sp³-hybridized carbons (Fsp3) is 0.250. The number of esters is 4. The molecule has 0 aromatic heterocycles. The molecule has 0 saturated carbocycles. The van der Waals surface area contributed by atoms with E-state index in [0.717, 1.165) is 0 Å². The summed E-state index contributed by atoms with van der Waals surface area (Å²) in [6.45, 7) is 6.46. The zero-order valence-electron chi connectivity index (χ0n) is 33.6. The van der Waals surface area contributed by atoms with E-state index in [1.807, 2.05) is 0 Å². The maximum atomic E-state index is 11.6. The lowest BCUT2D eigenvalue weighted by Gasteiger charge is -2.24. The third-order valence-electron chi connectivity index (χ3n) is 7.50. The van der Waals surface area contributed by atoms with Crippen molar-refractivity contribution in [1.82, 2.24) is 0 Å². The SMILES string of the molecule is COC(=O)c1cc(N)ccc1Br.COC(=O)c1cc(NC(C)(C)C(=O)O)ccc1Br.COC(=O)c1cc(NC(C)(C)C(=O)OC)ccc1Br.Nc1ccc(Br)c(C(=O)O)c1. The predicted molar refractivity (Wildman–Crippen MR) is 241 cm³/mol. The number of aliphatic carboxylic acids is 1. The molecule has 0 saturated heterocycles. The van der Waals surface area contributed by atoms with Crippen molar-refractivity contribution in [3.8, 4) is 0 Å². The number of carbonyl (C=O) groups excluding carboxylic acids is 4. The quantitative estimate of drug-likeness (QED) is 0.0493. The van der Waals surface area contributed by atoms with Crippen molar-refractivity contribution in [2.24, 2.45) is 0 Å². The Bertz CT molecular complexity index is 2200. The average Bonchev–Trinajstić information content (AvgIpc) is 3.20. The molecule has 60 heavy (non-hydrogen) atoms. The van der Waals surface area contributed by atoms with Crippen LogP contribution in [0.2, 0.25) is 0 Å². The van der Waals surface area contributed by atoms with E-state index in [1.165, 1.54) is 48.4 Å². The van der Waals surface area contributed by atoms with Crippen molar-refractivity contribution >= 4 is 122 Å². The Balaban J connectivity index is 0.000000410. The molecule has 0 aliphatic rings. The maximum Gasteiger partial charge on any atom is 0.339 e. The van der Waals surface area contributed by atoms with Crippen LogP contribution in [0, 0.1) is 0 Å². The number of nitrogens with one attached hydrogen (secondary N) is 2. The van der Waals surface area contributed by atoms with Gasteiger partial charge >= 0.3 is 35.8 Å². The smallest absolute Gasteiger partial charge is 0.339 e. The first-order valence-electron chi connectivity index (χ1n) is 16.9. The third-order valence-corrected chi connectivity index (χ3v) is 10.3. The molecule has 0 heterocycles. The van der Waals surface area contributed by atoms with Gasteiger partial charge in [0.05, 0.1) is 50.7 Å². The van der Waals surface area contributed by atoms with E-state index in [9.17, 15) is 28.8 Å². The molecule has 4 aromatic carbocycles. The first kappa shape index (κ1) is 52.8. The number of anilines is 4. The average molecular weight is 1090 g/mol. The molecular formula is C40H44Br4N4O12. The number of methoxy groups -OCH3 is 4. The summed E-state index contributed by atoms with van der Waals surface area (Å²) in [5.41, 5.74) is 12.3. The second-order valence-corrected chi connectivity index (χ2v) is 16.4. The van der Waals surface area contributed by atoms with Crippen molar-refractivity contribution in [2.75, 3.05) is 50.5 Å². The second-order valence-electron chi connectivity index (χ2n) is 12.9. The highest BCUT2D eigenvalue weighted by molar-refractivity contribution is 9.11. The summed E-state index contributed by atoms with van der Waals surface area (Å²) in [5, 5.41) is 23.5. The minimum absolute atomic E-state index is 0.185. The molecule has 0 aliphatic carbocycles. The molecule has 0 unspecified atom stereocenters. The lowest BCUT2D eigenvalue weighted by Crippen LogP contribution is -2.41. The second kappa shape index (κ2) is 24.2. The summed E-state index contributed by atoms with van der Waals surface area (Å²) in [7, 11) is 5.26. The highest BCUT2D eigenvalue weighted by Gasteiger charge is 2.29. The van der Waals surface area contributed by atoms with Gasteiger partial charge in [-0.1, -0.05) is 0 Å². The van der Waals surface area contributed by atoms with Gasteiger partial charge in [0.15, 0.2) is 0 Å². The van der Waals surface area contributed by atoms with Gasteiger partial charge in [0.25, 0.3) is 0 Å². The molecule has 0 amide bonds. The monoisotopic (exact) mass is 1090 g/mol. The molecule has 0 radical (unpaired) electrons. The van der Waals surface area contributed by atoms with E-state index in [0.29, 0.717) is 57.3 Å². The highest BCUT2D eigenvalue weighted by atomic mass is 79.9. The Labute approximate surface area is 380 Å². The van der Waals surface area contributed by atoms with Crippen LogP contribution in [0.4, 0.5) is 22.7 Å². The zero-order valence-corrected chi connectivity index (χ0v) is 39.9. The summed E-state index contributed by atoms with van der Waals surface area (Å²) >= 11 is 12.8. The molecule has 324 valence electrons. The van der Waals surface area contributed by atoms with Crippen molar-refractivity contribution < 1.29 is 57.9 Å². The first-order valence-corrected chi connectivity index (χ1v) is 20.1. The topological polar surface area (TPSA) is 256 Å². The predicted octanol–water partition coefficient (Wildman–Crippen LogP) is 8.66. The minimum Gasteiger partial charge on any atom is -0.480 e. The number of rotatable bonds is 10. The van der Waals surface area contributed by atoms with Gasteiger partial charge in [-0.15, -0.1) is 0 Å². The molecule has 0 spiro atoms. The lowest BCUT2D eigenvalue weighted by molar-refractivity contribution is -0.144. The molecule has 20 heteroatoms. The number of nitrogens with two attached hydrogens (primary N) is 2. The van der Waals surface area contributed by atoms with Crippen LogP contribution in [0.15, 0.2) is 90.7 Å². The van der Waals surface area contributed by atoms with E-state index in [4.69, 9.17) is 26.4 Å². The first-order chi connectivity index (χ1) is 27.8. The van der Waals surface area contributed by atoms with Gasteiger partial charge in [-0.25, -0.2) is 28.8 Å². The van der Waals surface area contributed by atoms with Crippen LogP contribution < -0.4 is 22.1 Å². The van der Waals surface area contributed by atoms with Crippen LogP contribution in [0.3, 0.4) is 0 Å². The minimum atomic E-state index is -1.12. The van der Waals surface area contributed by atoms with Crippen LogP contribution >= 0.6 is 63.7 Å². The molecule has 0 atom stereocenters. The van der Waals surface area contributed by atoms with Gasteiger partial charge in [-0.05, 0) is 164 Å². The Hall–Kier alpha value is -5.18. The Morgan fingerprint density at radius 3 is 1.13 bits per heavy atom. The Morgan fingerprint density at radius 1 is 0.500 bits per heavy atom. The summed E-state index contributed by atoms with van der Waals surface area (Å²) in [5.74, 6) is -3.69. The van der Waals surface area contributed by atoms with Crippen LogP contribution in [-0.2, 0) is 28.5 Å². The van der Waals surface area contributed by atoms with Crippen molar-refractivity contribution in [2.45, 2.75) is 38.8 Å². The molecule has 0 fully saturated rings. The van der Waals surface area contributed by atoms with E-state index in [-0.39, 0.29) is 5.56 Å². The van der Waals surface area contributed by atoms with Gasteiger partial charge in [0.2, 0.25) is 0 Å². The number of carboxylic acids is 2. The number of aromatic carboxylic acids is 1. The molecule has 0 bridgehead atoms. The molecule has 16 nitrogen and oxygen atoms in total. The highest BCUT2D eigenvalue weighted by Crippen LogP contribution is 2.26. The summed E-state index contributed by atoms with van der Waals surface area (Å²) < 4.78 is 21.0. The van der Waals surface area contributed by atoms with E-state index in [2.05, 4.69) is 88.6 Å². The lowest BCUT2D eigenvalue weighted by atomic mass is 10.0. The normalized spacial score (nSPS) is 10.3. The number of ether oxygens (including phenoxy) is 4. The Morgan fingerprint density at radius 2 is 0.817 bits per heavy atom. The van der Waals surface area contributed by atoms with Gasteiger partial charge in [-0.2, -0.15) is 0 Å². The van der Waals surface area contributed by atoms with E-state index < -0.39 is 46.9 Å². The number of carboxylic acid groups (broad SMARTS) is 2. The fourth-order valence-electron chi connectivity index (χ4n) is 4.34. The van der Waals surface area contributed by atoms with Gasteiger partial charge in [0, 0.05) is 40.6 Å². The van der Waals surface area contributed by atoms with Gasteiger partial charge in [-0.3, -0.25) is 0 Å². The number of carbonyl (C=O) groups is 6. The number of hydrogen-bond acceptors (Lipinski definition) is 14. The molecule has 4 aromatic rings. The summed E-state index contributed by atoms with van der Waals surface area (Å²) in [6.07, 6.45) is 0. The van der Waals surface area contributed by atoms with Crippen molar-refractivity contribution in [1.29, 1.82) is 0 Å². The number of nitrogen functional groups attached to an aromatic ring is 2. The standard InChI is InChI=1S/C13H16BrNO4.C12H14BrNO4.C8H8BrNO2.C7H6BrNO2/c1-13(2,12(17)19-4)15-8-5-6-10(14)9(7-8)11(16)18-3;1-12(2,11(16)17)14-7-4-5-9(13)8(6-7)10(15)18-3;1-12-8(11)6-4-5(10)2-3-7(6)9;8-6-2-1-4(9)3-5(6)7(10)11/h5-7,15H,1-4H3;4-6,14H,1-3H3,(H,16,17);2-4H,10H2,1H3;1-3H,9H2,(H,10,11). The molecule has 8 N–H and O–H groups in total. The van der Waals surface area contributed by atoms with Crippen LogP contribution in [0.5, 0.6) is 0 Å².